The van der Waals surface area contributed by atoms with Gasteiger partial charge >= 0.3 is 0 Å². The van der Waals surface area contributed by atoms with Gasteiger partial charge in [-0.25, -0.2) is 4.39 Å². The Balaban J connectivity index is 2.74. The quantitative estimate of drug-likeness (QED) is 0.697. The van der Waals surface area contributed by atoms with Crippen LogP contribution in [0.15, 0.2) is 24.3 Å². The first-order valence-electron chi connectivity index (χ1n) is 5.23. The molecule has 1 amide bonds. The van der Waals surface area contributed by atoms with Gasteiger partial charge in [-0.1, -0.05) is 5.92 Å². The van der Waals surface area contributed by atoms with Crippen LogP contribution in [-0.2, 0) is 4.79 Å². The minimum absolute atomic E-state index is 0.200. The van der Waals surface area contributed by atoms with E-state index in [0.29, 0.717) is 18.7 Å². The molecule has 0 aliphatic heterocycles. The normalized spacial score (nSPS) is 9.19. The molecule has 0 bridgehead atoms. The van der Waals surface area contributed by atoms with E-state index in [9.17, 15) is 9.18 Å². The fourth-order valence-electron chi connectivity index (χ4n) is 1.25. The number of hydrogen-bond donors (Lipinski definition) is 0. The van der Waals surface area contributed by atoms with Gasteiger partial charge in [0.15, 0.2) is 0 Å². The molecule has 3 heteroatoms. The molecular weight excluding hydrogens is 205 g/mol. The van der Waals surface area contributed by atoms with Gasteiger partial charge in [0.2, 0.25) is 0 Å². The summed E-state index contributed by atoms with van der Waals surface area (Å²) in [6, 6.07) is 5.76. The summed E-state index contributed by atoms with van der Waals surface area (Å²) in [5.74, 6) is 4.74. The van der Waals surface area contributed by atoms with Gasteiger partial charge < -0.3 is 4.90 Å². The lowest BCUT2D eigenvalue weighted by Crippen LogP contribution is -2.29. The highest BCUT2D eigenvalue weighted by atomic mass is 19.1. The molecule has 0 N–H and O–H groups in total. The molecule has 0 spiro atoms. The molecule has 0 heterocycles. The number of carbonyl (C=O) groups excluding carboxylic acids is 1. The van der Waals surface area contributed by atoms with Crippen LogP contribution < -0.4 is 0 Å². The van der Waals surface area contributed by atoms with Crippen molar-refractivity contribution in [1.82, 2.24) is 4.90 Å². The minimum atomic E-state index is -0.305. The van der Waals surface area contributed by atoms with E-state index in [-0.39, 0.29) is 11.7 Å². The van der Waals surface area contributed by atoms with Gasteiger partial charge in [-0.2, -0.15) is 0 Å². The Morgan fingerprint density at radius 2 is 1.81 bits per heavy atom. The number of rotatable bonds is 2. The molecule has 0 atom stereocenters. The highest BCUT2D eigenvalue weighted by molar-refractivity contribution is 5.94. The van der Waals surface area contributed by atoms with E-state index in [2.05, 4.69) is 11.8 Å². The summed E-state index contributed by atoms with van der Waals surface area (Å²) in [5.41, 5.74) is 0.641. The molecule has 0 fully saturated rings. The average Bonchev–Trinajstić information content (AvgIpc) is 2.30. The van der Waals surface area contributed by atoms with Crippen molar-refractivity contribution in [3.05, 3.63) is 35.6 Å². The maximum atomic E-state index is 12.6. The second-order valence-corrected chi connectivity index (χ2v) is 3.23. The molecule has 16 heavy (non-hydrogen) atoms. The highest BCUT2D eigenvalue weighted by Gasteiger charge is 2.04. The van der Waals surface area contributed by atoms with Crippen molar-refractivity contribution >= 4 is 5.91 Å². The lowest BCUT2D eigenvalue weighted by Gasteiger charge is -2.14. The molecule has 0 aliphatic carbocycles. The van der Waals surface area contributed by atoms with Crippen molar-refractivity contribution in [2.24, 2.45) is 0 Å². The van der Waals surface area contributed by atoms with Crippen LogP contribution >= 0.6 is 0 Å². The lowest BCUT2D eigenvalue weighted by atomic mass is 10.2. The number of halogens is 1. The second-order valence-electron chi connectivity index (χ2n) is 3.23. The van der Waals surface area contributed by atoms with Gasteiger partial charge in [0.1, 0.15) is 5.82 Å². The van der Waals surface area contributed by atoms with Gasteiger partial charge in [-0.15, -0.1) is 0 Å². The summed E-state index contributed by atoms with van der Waals surface area (Å²) in [7, 11) is 0. The molecule has 1 aromatic rings. The lowest BCUT2D eigenvalue weighted by molar-refractivity contribution is -0.124. The monoisotopic (exact) mass is 219 g/mol. The van der Waals surface area contributed by atoms with Crippen LogP contribution in [0.2, 0.25) is 0 Å². The molecular formula is C13H14FNO. The maximum absolute atomic E-state index is 12.6. The molecule has 0 saturated heterocycles. The van der Waals surface area contributed by atoms with Crippen LogP contribution in [0.5, 0.6) is 0 Å². The molecule has 2 nitrogen and oxygen atoms in total. The zero-order chi connectivity index (χ0) is 12.0. The topological polar surface area (TPSA) is 20.3 Å². The van der Waals surface area contributed by atoms with Crippen molar-refractivity contribution < 1.29 is 9.18 Å². The molecule has 1 rings (SSSR count). The van der Waals surface area contributed by atoms with Gasteiger partial charge in [0.25, 0.3) is 5.91 Å². The first-order valence-corrected chi connectivity index (χ1v) is 5.23. The van der Waals surface area contributed by atoms with Crippen LogP contribution in [0.3, 0.4) is 0 Å². The Hall–Kier alpha value is -1.82. The van der Waals surface area contributed by atoms with Gasteiger partial charge in [-0.3, -0.25) is 4.79 Å². The summed E-state index contributed by atoms with van der Waals surface area (Å²) in [4.78, 5) is 13.2. The Labute approximate surface area is 95.1 Å². The van der Waals surface area contributed by atoms with Crippen molar-refractivity contribution in [2.45, 2.75) is 13.8 Å². The van der Waals surface area contributed by atoms with E-state index < -0.39 is 0 Å². The van der Waals surface area contributed by atoms with Crippen LogP contribution in [0, 0.1) is 17.7 Å². The number of benzene rings is 1. The summed E-state index contributed by atoms with van der Waals surface area (Å²) in [5, 5.41) is 0. The maximum Gasteiger partial charge on any atom is 0.298 e. The van der Waals surface area contributed by atoms with Crippen LogP contribution in [-0.4, -0.2) is 23.9 Å². The molecule has 0 unspecified atom stereocenters. The molecule has 0 aliphatic rings. The summed E-state index contributed by atoms with van der Waals surface area (Å²) in [6.45, 7) is 5.10. The first kappa shape index (κ1) is 12.3. The molecule has 1 aromatic carbocycles. The van der Waals surface area contributed by atoms with E-state index in [1.54, 1.807) is 17.0 Å². The Bertz CT molecular complexity index is 410. The van der Waals surface area contributed by atoms with Gasteiger partial charge in [0, 0.05) is 24.6 Å². The fourth-order valence-corrected chi connectivity index (χ4v) is 1.25. The molecule has 84 valence electrons. The van der Waals surface area contributed by atoms with Crippen molar-refractivity contribution in [1.29, 1.82) is 0 Å². The van der Waals surface area contributed by atoms with E-state index >= 15 is 0 Å². The largest absolute Gasteiger partial charge is 0.332 e. The zero-order valence-corrected chi connectivity index (χ0v) is 9.46. The Morgan fingerprint density at radius 3 is 2.31 bits per heavy atom. The van der Waals surface area contributed by atoms with E-state index in [1.165, 1.54) is 12.1 Å². The summed E-state index contributed by atoms with van der Waals surface area (Å²) in [6.07, 6.45) is 0. The van der Waals surface area contributed by atoms with E-state index in [4.69, 9.17) is 0 Å². The predicted molar refractivity (Wildman–Crippen MR) is 61.2 cm³/mol. The number of nitrogens with zero attached hydrogens (tertiary/aromatic N) is 1. The zero-order valence-electron chi connectivity index (χ0n) is 9.46. The summed E-state index contributed by atoms with van der Waals surface area (Å²) < 4.78 is 12.6. The SMILES string of the molecule is CCN(CC)C(=O)C#Cc1ccc(F)cc1. The van der Waals surface area contributed by atoms with E-state index in [1.807, 2.05) is 13.8 Å². The summed E-state index contributed by atoms with van der Waals surface area (Å²) >= 11 is 0. The molecule has 0 saturated carbocycles. The average molecular weight is 219 g/mol. The Morgan fingerprint density at radius 1 is 1.25 bits per heavy atom. The Kier molecular flexibility index (Phi) is 4.53. The fraction of sp³-hybridized carbons (Fsp3) is 0.308. The second kappa shape index (κ2) is 5.92. The van der Waals surface area contributed by atoms with Crippen LogP contribution in [0.25, 0.3) is 0 Å². The van der Waals surface area contributed by atoms with Crippen LogP contribution in [0.1, 0.15) is 19.4 Å². The third-order valence-electron chi connectivity index (χ3n) is 2.21. The molecule has 0 radical (unpaired) electrons. The number of carbonyl (C=O) groups is 1. The molecule has 0 aromatic heterocycles. The third-order valence-corrected chi connectivity index (χ3v) is 2.21. The standard InChI is InChI=1S/C13H14FNO/c1-3-15(4-2)13(16)10-7-11-5-8-12(14)9-6-11/h5-6,8-9H,3-4H2,1-2H3. The predicted octanol–water partition coefficient (Wildman–Crippen LogP) is 2.05. The van der Waals surface area contributed by atoms with Gasteiger partial charge in [-0.05, 0) is 38.1 Å². The van der Waals surface area contributed by atoms with Gasteiger partial charge in [0.05, 0.1) is 0 Å². The van der Waals surface area contributed by atoms with Crippen molar-refractivity contribution in [3.8, 4) is 11.8 Å². The third kappa shape index (κ3) is 3.39. The first-order chi connectivity index (χ1) is 7.67. The van der Waals surface area contributed by atoms with Crippen molar-refractivity contribution in [3.63, 3.8) is 0 Å². The van der Waals surface area contributed by atoms with E-state index in [0.717, 1.165) is 0 Å². The highest BCUT2D eigenvalue weighted by Crippen LogP contribution is 2.00. The number of hydrogen-bond acceptors (Lipinski definition) is 1. The smallest absolute Gasteiger partial charge is 0.298 e. The minimum Gasteiger partial charge on any atom is -0.332 e. The van der Waals surface area contributed by atoms with Crippen LogP contribution in [0.4, 0.5) is 4.39 Å². The van der Waals surface area contributed by atoms with Crippen molar-refractivity contribution in [2.75, 3.05) is 13.1 Å². The number of amides is 1.